The number of hydrogen-bond donors (Lipinski definition) is 1. The summed E-state index contributed by atoms with van der Waals surface area (Å²) in [6, 6.07) is 12.1. The Labute approximate surface area is 226 Å². The van der Waals surface area contributed by atoms with Gasteiger partial charge >= 0.3 is 0 Å². The standard InChI is InChI=1S/C28H39N3O6S/c1-7-23(27(33)29-28(3,4)5)30(18-21-12-9-8-11-20(21)2)26(32)13-10-16-31(38(6,34)35)22-14-15-24-25(17-22)37-19-36-24/h8-9,11-12,14-15,17,23H,7,10,13,16,18-19H2,1-6H3,(H,29,33). The molecule has 10 heteroatoms. The fourth-order valence-corrected chi connectivity index (χ4v) is 5.34. The number of nitrogens with one attached hydrogen (secondary N) is 1. The first-order chi connectivity index (χ1) is 17.8. The molecule has 38 heavy (non-hydrogen) atoms. The average molecular weight is 546 g/mol. The van der Waals surface area contributed by atoms with Crippen LogP contribution in [0, 0.1) is 6.92 Å². The molecule has 1 aliphatic rings. The van der Waals surface area contributed by atoms with Crippen LogP contribution in [0.2, 0.25) is 0 Å². The molecular weight excluding hydrogens is 506 g/mol. The van der Waals surface area contributed by atoms with E-state index in [0.717, 1.165) is 17.4 Å². The zero-order valence-corrected chi connectivity index (χ0v) is 23.9. The van der Waals surface area contributed by atoms with Crippen molar-refractivity contribution < 1.29 is 27.5 Å². The molecule has 0 saturated carbocycles. The Bertz CT molecular complexity index is 1260. The van der Waals surface area contributed by atoms with Crippen molar-refractivity contribution >= 4 is 27.5 Å². The van der Waals surface area contributed by atoms with Gasteiger partial charge in [-0.25, -0.2) is 8.42 Å². The third-order valence-corrected chi connectivity index (χ3v) is 7.48. The van der Waals surface area contributed by atoms with Crippen molar-refractivity contribution in [3.05, 3.63) is 53.6 Å². The SMILES string of the molecule is CCC(C(=O)NC(C)(C)C)N(Cc1ccccc1C)C(=O)CCCN(c1ccc2c(c1)OCO2)S(C)(=O)=O. The van der Waals surface area contributed by atoms with Gasteiger partial charge in [-0.2, -0.15) is 0 Å². The lowest BCUT2D eigenvalue weighted by Gasteiger charge is -2.33. The van der Waals surface area contributed by atoms with E-state index < -0.39 is 21.6 Å². The Morgan fingerprint density at radius 1 is 1.08 bits per heavy atom. The van der Waals surface area contributed by atoms with E-state index in [1.165, 1.54) is 4.31 Å². The van der Waals surface area contributed by atoms with E-state index in [-0.39, 0.29) is 38.0 Å². The Kier molecular flexibility index (Phi) is 9.30. The minimum absolute atomic E-state index is 0.0851. The molecule has 0 fully saturated rings. The third kappa shape index (κ3) is 7.63. The normalized spacial score (nSPS) is 13.6. The van der Waals surface area contributed by atoms with Gasteiger partial charge in [0.05, 0.1) is 11.9 Å². The highest BCUT2D eigenvalue weighted by Gasteiger charge is 2.31. The molecule has 2 amide bonds. The first-order valence-electron chi connectivity index (χ1n) is 12.8. The van der Waals surface area contributed by atoms with Crippen LogP contribution in [0.1, 0.15) is 58.1 Å². The smallest absolute Gasteiger partial charge is 0.243 e. The molecule has 0 aromatic heterocycles. The molecule has 0 saturated heterocycles. The van der Waals surface area contributed by atoms with Crippen molar-refractivity contribution in [3.63, 3.8) is 0 Å². The minimum atomic E-state index is -3.61. The van der Waals surface area contributed by atoms with E-state index in [1.54, 1.807) is 23.1 Å². The summed E-state index contributed by atoms with van der Waals surface area (Å²) in [5.74, 6) is 0.624. The van der Waals surface area contributed by atoms with E-state index in [0.29, 0.717) is 30.2 Å². The summed E-state index contributed by atoms with van der Waals surface area (Å²) in [5, 5.41) is 3.00. The van der Waals surface area contributed by atoms with Crippen LogP contribution >= 0.6 is 0 Å². The number of sulfonamides is 1. The van der Waals surface area contributed by atoms with Gasteiger partial charge in [-0.1, -0.05) is 31.2 Å². The number of rotatable bonds is 11. The van der Waals surface area contributed by atoms with Gasteiger partial charge in [0, 0.05) is 31.1 Å². The molecule has 1 atom stereocenters. The molecule has 2 aromatic rings. The summed E-state index contributed by atoms with van der Waals surface area (Å²) in [6.45, 7) is 10.1. The van der Waals surface area contributed by atoms with Crippen molar-refractivity contribution in [1.82, 2.24) is 10.2 Å². The quantitative estimate of drug-likeness (QED) is 0.458. The Balaban J connectivity index is 1.79. The van der Waals surface area contributed by atoms with E-state index in [2.05, 4.69) is 5.32 Å². The fraction of sp³-hybridized carbons (Fsp3) is 0.500. The first-order valence-corrected chi connectivity index (χ1v) is 14.7. The molecule has 0 aliphatic carbocycles. The molecule has 0 radical (unpaired) electrons. The van der Waals surface area contributed by atoms with Crippen LogP contribution in [-0.2, 0) is 26.2 Å². The summed E-state index contributed by atoms with van der Waals surface area (Å²) in [5.41, 5.74) is 1.99. The molecule has 9 nitrogen and oxygen atoms in total. The van der Waals surface area contributed by atoms with Crippen LogP contribution in [0.5, 0.6) is 11.5 Å². The van der Waals surface area contributed by atoms with Gasteiger partial charge in [0.1, 0.15) is 6.04 Å². The molecule has 3 rings (SSSR count). The van der Waals surface area contributed by atoms with E-state index in [4.69, 9.17) is 9.47 Å². The van der Waals surface area contributed by atoms with Crippen molar-refractivity contribution in [1.29, 1.82) is 0 Å². The fourth-order valence-electron chi connectivity index (χ4n) is 4.39. The van der Waals surface area contributed by atoms with Crippen LogP contribution in [0.4, 0.5) is 5.69 Å². The van der Waals surface area contributed by atoms with Crippen LogP contribution in [0.3, 0.4) is 0 Å². The van der Waals surface area contributed by atoms with Gasteiger partial charge in [0.25, 0.3) is 0 Å². The van der Waals surface area contributed by atoms with Crippen molar-refractivity contribution in [2.45, 2.75) is 72.0 Å². The number of carbonyl (C=O) groups excluding carboxylic acids is 2. The average Bonchev–Trinajstić information content (AvgIpc) is 3.28. The number of carbonyl (C=O) groups is 2. The second-order valence-electron chi connectivity index (χ2n) is 10.6. The van der Waals surface area contributed by atoms with Gasteiger partial charge in [0.15, 0.2) is 11.5 Å². The van der Waals surface area contributed by atoms with E-state index >= 15 is 0 Å². The van der Waals surface area contributed by atoms with Gasteiger partial charge in [-0.05, 0) is 63.8 Å². The van der Waals surface area contributed by atoms with Gasteiger partial charge < -0.3 is 19.7 Å². The van der Waals surface area contributed by atoms with Crippen LogP contribution in [-0.4, -0.2) is 56.3 Å². The molecule has 0 spiro atoms. The van der Waals surface area contributed by atoms with E-state index in [1.807, 2.05) is 58.9 Å². The zero-order chi connectivity index (χ0) is 28.1. The Morgan fingerprint density at radius 2 is 1.76 bits per heavy atom. The number of benzene rings is 2. The molecule has 2 aromatic carbocycles. The lowest BCUT2D eigenvalue weighted by Crippen LogP contribution is -2.53. The highest BCUT2D eigenvalue weighted by Crippen LogP contribution is 2.36. The highest BCUT2D eigenvalue weighted by molar-refractivity contribution is 7.92. The van der Waals surface area contributed by atoms with Crippen LogP contribution < -0.4 is 19.1 Å². The van der Waals surface area contributed by atoms with Gasteiger partial charge in [-0.15, -0.1) is 0 Å². The molecule has 1 N–H and O–H groups in total. The number of hydrogen-bond acceptors (Lipinski definition) is 6. The number of nitrogens with zero attached hydrogens (tertiary/aromatic N) is 2. The minimum Gasteiger partial charge on any atom is -0.454 e. The van der Waals surface area contributed by atoms with Crippen LogP contribution in [0.25, 0.3) is 0 Å². The summed E-state index contributed by atoms with van der Waals surface area (Å²) in [6.07, 6.45) is 1.95. The maximum Gasteiger partial charge on any atom is 0.243 e. The summed E-state index contributed by atoms with van der Waals surface area (Å²) in [7, 11) is -3.61. The summed E-state index contributed by atoms with van der Waals surface area (Å²) in [4.78, 5) is 28.4. The van der Waals surface area contributed by atoms with Crippen LogP contribution in [0.15, 0.2) is 42.5 Å². The number of fused-ring (bicyclic) bond motifs is 1. The summed E-state index contributed by atoms with van der Waals surface area (Å²) >= 11 is 0. The lowest BCUT2D eigenvalue weighted by molar-refractivity contribution is -0.142. The number of amides is 2. The van der Waals surface area contributed by atoms with Gasteiger partial charge in [-0.3, -0.25) is 13.9 Å². The number of aryl methyl sites for hydroxylation is 1. The Morgan fingerprint density at radius 3 is 2.39 bits per heavy atom. The molecule has 0 bridgehead atoms. The van der Waals surface area contributed by atoms with Crippen molar-refractivity contribution in [3.8, 4) is 11.5 Å². The zero-order valence-electron chi connectivity index (χ0n) is 23.1. The Hall–Kier alpha value is -3.27. The molecule has 208 valence electrons. The molecular formula is C28H39N3O6S. The monoisotopic (exact) mass is 545 g/mol. The maximum atomic E-state index is 13.6. The molecule has 1 unspecified atom stereocenters. The third-order valence-electron chi connectivity index (χ3n) is 6.28. The lowest BCUT2D eigenvalue weighted by atomic mass is 10.0. The highest BCUT2D eigenvalue weighted by atomic mass is 32.2. The van der Waals surface area contributed by atoms with Crippen molar-refractivity contribution in [2.24, 2.45) is 0 Å². The molecule has 1 aliphatic heterocycles. The largest absolute Gasteiger partial charge is 0.454 e. The first kappa shape index (κ1) is 29.3. The number of ether oxygens (including phenoxy) is 2. The second kappa shape index (κ2) is 12.1. The predicted molar refractivity (Wildman–Crippen MR) is 148 cm³/mol. The second-order valence-corrected chi connectivity index (χ2v) is 12.5. The topological polar surface area (TPSA) is 105 Å². The predicted octanol–water partition coefficient (Wildman–Crippen LogP) is 3.99. The maximum absolute atomic E-state index is 13.6. The van der Waals surface area contributed by atoms with Gasteiger partial charge in [0.2, 0.25) is 28.6 Å². The molecule has 1 heterocycles. The van der Waals surface area contributed by atoms with Crippen molar-refractivity contribution in [2.75, 3.05) is 23.9 Å². The number of anilines is 1. The van der Waals surface area contributed by atoms with E-state index in [9.17, 15) is 18.0 Å². The summed E-state index contributed by atoms with van der Waals surface area (Å²) < 4.78 is 37.2.